The van der Waals surface area contributed by atoms with Crippen molar-refractivity contribution in [2.75, 3.05) is 11.8 Å². The first-order valence-electron chi connectivity index (χ1n) is 5.94. The highest BCUT2D eigenvalue weighted by atomic mass is 32.2. The van der Waals surface area contributed by atoms with Crippen LogP contribution >= 0.6 is 0 Å². The second kappa shape index (κ2) is 5.93. The zero-order valence-corrected chi connectivity index (χ0v) is 12.0. The van der Waals surface area contributed by atoms with Crippen LogP contribution in [0.3, 0.4) is 0 Å². The SMILES string of the molecule is CNCc1cccc(S(=O)(=O)Nc2nccnn2)c1C. The van der Waals surface area contributed by atoms with E-state index in [4.69, 9.17) is 0 Å². The van der Waals surface area contributed by atoms with Crippen LogP contribution in [0.4, 0.5) is 5.95 Å². The van der Waals surface area contributed by atoms with E-state index >= 15 is 0 Å². The summed E-state index contributed by atoms with van der Waals surface area (Å²) >= 11 is 0. The molecular weight excluding hydrogens is 278 g/mol. The molecule has 1 aromatic carbocycles. The quantitative estimate of drug-likeness (QED) is 0.842. The minimum Gasteiger partial charge on any atom is -0.316 e. The lowest BCUT2D eigenvalue weighted by molar-refractivity contribution is 0.599. The smallest absolute Gasteiger partial charge is 0.264 e. The van der Waals surface area contributed by atoms with Crippen LogP contribution in [0.2, 0.25) is 0 Å². The normalized spacial score (nSPS) is 11.3. The standard InChI is InChI=1S/C12H15N5O2S/c1-9-10(8-13-2)4-3-5-11(9)20(18,19)17-12-14-6-7-15-16-12/h3-7,13H,8H2,1-2H3,(H,14,16,17). The Morgan fingerprint density at radius 3 is 2.70 bits per heavy atom. The minimum atomic E-state index is -3.73. The van der Waals surface area contributed by atoms with Crippen molar-refractivity contribution in [3.8, 4) is 0 Å². The van der Waals surface area contributed by atoms with Gasteiger partial charge < -0.3 is 5.32 Å². The molecule has 20 heavy (non-hydrogen) atoms. The van der Waals surface area contributed by atoms with Gasteiger partial charge in [0, 0.05) is 6.54 Å². The number of sulfonamides is 1. The molecule has 106 valence electrons. The monoisotopic (exact) mass is 293 g/mol. The third kappa shape index (κ3) is 3.09. The molecule has 0 amide bonds. The second-order valence-corrected chi connectivity index (χ2v) is 5.79. The van der Waals surface area contributed by atoms with Crippen molar-refractivity contribution in [2.45, 2.75) is 18.4 Å². The van der Waals surface area contributed by atoms with Crippen LogP contribution in [0.5, 0.6) is 0 Å². The Labute approximate surface area is 117 Å². The number of rotatable bonds is 5. The van der Waals surface area contributed by atoms with Crippen molar-refractivity contribution in [2.24, 2.45) is 0 Å². The molecule has 0 fully saturated rings. The van der Waals surface area contributed by atoms with E-state index in [1.165, 1.54) is 12.4 Å². The van der Waals surface area contributed by atoms with E-state index in [1.807, 2.05) is 13.1 Å². The maximum Gasteiger partial charge on any atom is 0.264 e. The van der Waals surface area contributed by atoms with Gasteiger partial charge in [-0.3, -0.25) is 0 Å². The molecule has 0 aliphatic heterocycles. The van der Waals surface area contributed by atoms with Gasteiger partial charge in [0.05, 0.1) is 17.3 Å². The van der Waals surface area contributed by atoms with E-state index in [0.717, 1.165) is 5.56 Å². The first-order valence-corrected chi connectivity index (χ1v) is 7.42. The van der Waals surface area contributed by atoms with E-state index in [2.05, 4.69) is 25.2 Å². The Balaban J connectivity index is 2.37. The average molecular weight is 293 g/mol. The van der Waals surface area contributed by atoms with Crippen LogP contribution in [0.25, 0.3) is 0 Å². The molecule has 0 spiro atoms. The van der Waals surface area contributed by atoms with Gasteiger partial charge in [0.15, 0.2) is 0 Å². The molecule has 1 heterocycles. The zero-order chi connectivity index (χ0) is 14.6. The molecule has 2 rings (SSSR count). The Kier molecular flexibility index (Phi) is 4.26. The van der Waals surface area contributed by atoms with Crippen molar-refractivity contribution in [3.05, 3.63) is 41.7 Å². The van der Waals surface area contributed by atoms with Gasteiger partial charge >= 0.3 is 0 Å². The van der Waals surface area contributed by atoms with E-state index in [0.29, 0.717) is 12.1 Å². The van der Waals surface area contributed by atoms with Crippen molar-refractivity contribution in [3.63, 3.8) is 0 Å². The molecule has 0 saturated heterocycles. The topological polar surface area (TPSA) is 96.9 Å². The number of anilines is 1. The van der Waals surface area contributed by atoms with Crippen LogP contribution in [0.1, 0.15) is 11.1 Å². The van der Waals surface area contributed by atoms with Crippen molar-refractivity contribution >= 4 is 16.0 Å². The summed E-state index contributed by atoms with van der Waals surface area (Å²) in [6.45, 7) is 2.37. The van der Waals surface area contributed by atoms with Gasteiger partial charge in [0.1, 0.15) is 0 Å². The van der Waals surface area contributed by atoms with Crippen LogP contribution in [0, 0.1) is 6.92 Å². The summed E-state index contributed by atoms with van der Waals surface area (Å²) in [6, 6.07) is 5.14. The summed E-state index contributed by atoms with van der Waals surface area (Å²) in [4.78, 5) is 4.01. The number of hydrogen-bond donors (Lipinski definition) is 2. The number of hydrogen-bond acceptors (Lipinski definition) is 6. The summed E-state index contributed by atoms with van der Waals surface area (Å²) in [5, 5.41) is 10.2. The summed E-state index contributed by atoms with van der Waals surface area (Å²) < 4.78 is 27.0. The fourth-order valence-electron chi connectivity index (χ4n) is 1.80. The predicted molar refractivity (Wildman–Crippen MR) is 74.6 cm³/mol. The molecule has 0 saturated carbocycles. The molecule has 7 nitrogen and oxygen atoms in total. The van der Waals surface area contributed by atoms with Crippen LogP contribution in [-0.2, 0) is 16.6 Å². The van der Waals surface area contributed by atoms with Gasteiger partial charge in [-0.1, -0.05) is 12.1 Å². The predicted octanol–water partition coefficient (Wildman–Crippen LogP) is 0.700. The second-order valence-electron chi connectivity index (χ2n) is 4.14. The number of aromatic nitrogens is 3. The molecule has 0 aliphatic carbocycles. The first kappa shape index (κ1) is 14.4. The molecule has 0 bridgehead atoms. The van der Waals surface area contributed by atoms with Gasteiger partial charge in [0.2, 0.25) is 0 Å². The average Bonchev–Trinajstić information content (AvgIpc) is 2.42. The third-order valence-electron chi connectivity index (χ3n) is 2.76. The van der Waals surface area contributed by atoms with Gasteiger partial charge in [-0.15, -0.1) is 5.10 Å². The summed E-state index contributed by atoms with van der Waals surface area (Å²) in [5.74, 6) is -0.0501. The van der Waals surface area contributed by atoms with Gasteiger partial charge in [-0.05, 0) is 31.2 Å². The lowest BCUT2D eigenvalue weighted by atomic mass is 10.1. The van der Waals surface area contributed by atoms with E-state index < -0.39 is 10.0 Å². The van der Waals surface area contributed by atoms with Gasteiger partial charge in [-0.25, -0.2) is 18.1 Å². The molecule has 0 atom stereocenters. The van der Waals surface area contributed by atoms with Crippen LogP contribution in [-0.4, -0.2) is 30.6 Å². The van der Waals surface area contributed by atoms with E-state index in [1.54, 1.807) is 19.1 Å². The van der Waals surface area contributed by atoms with Crippen molar-refractivity contribution in [1.82, 2.24) is 20.5 Å². The zero-order valence-electron chi connectivity index (χ0n) is 11.2. The highest BCUT2D eigenvalue weighted by Crippen LogP contribution is 2.20. The lowest BCUT2D eigenvalue weighted by Crippen LogP contribution is -2.17. The third-order valence-corrected chi connectivity index (χ3v) is 4.23. The summed E-state index contributed by atoms with van der Waals surface area (Å²) in [7, 11) is -1.92. The Morgan fingerprint density at radius 1 is 1.25 bits per heavy atom. The largest absolute Gasteiger partial charge is 0.316 e. The maximum atomic E-state index is 12.3. The van der Waals surface area contributed by atoms with Crippen molar-refractivity contribution in [1.29, 1.82) is 0 Å². The molecular formula is C12H15N5O2S. The maximum absolute atomic E-state index is 12.3. The number of nitrogens with one attached hydrogen (secondary N) is 2. The van der Waals surface area contributed by atoms with E-state index in [-0.39, 0.29) is 10.8 Å². The highest BCUT2D eigenvalue weighted by molar-refractivity contribution is 7.92. The molecule has 0 radical (unpaired) electrons. The van der Waals surface area contributed by atoms with Crippen molar-refractivity contribution < 1.29 is 8.42 Å². The first-order chi connectivity index (χ1) is 9.54. The Bertz CT molecular complexity index is 688. The van der Waals surface area contributed by atoms with Gasteiger partial charge in [-0.2, -0.15) is 5.10 Å². The molecule has 2 N–H and O–H groups in total. The number of benzene rings is 1. The van der Waals surface area contributed by atoms with Crippen LogP contribution in [0.15, 0.2) is 35.5 Å². The molecule has 1 aromatic heterocycles. The molecule has 2 aromatic rings. The molecule has 0 aliphatic rings. The molecule has 8 heteroatoms. The molecule has 0 unspecified atom stereocenters. The number of nitrogens with zero attached hydrogens (tertiary/aromatic N) is 3. The Morgan fingerprint density at radius 2 is 2.05 bits per heavy atom. The fraction of sp³-hybridized carbons (Fsp3) is 0.250. The Hall–Kier alpha value is -2.06. The highest BCUT2D eigenvalue weighted by Gasteiger charge is 2.19. The minimum absolute atomic E-state index is 0.0501. The summed E-state index contributed by atoms with van der Waals surface area (Å²) in [6.07, 6.45) is 2.74. The van der Waals surface area contributed by atoms with Crippen LogP contribution < -0.4 is 10.0 Å². The lowest BCUT2D eigenvalue weighted by Gasteiger charge is -2.12. The van der Waals surface area contributed by atoms with E-state index in [9.17, 15) is 8.42 Å². The summed E-state index contributed by atoms with van der Waals surface area (Å²) in [5.41, 5.74) is 1.61. The fourth-order valence-corrected chi connectivity index (χ4v) is 3.04. The van der Waals surface area contributed by atoms with Gasteiger partial charge in [0.25, 0.3) is 16.0 Å².